The third-order valence-corrected chi connectivity index (χ3v) is 3.75. The van der Waals surface area contributed by atoms with Crippen LogP contribution in [0.4, 0.5) is 11.4 Å². The molecule has 6 heteroatoms. The molecule has 0 aromatic heterocycles. The molecule has 6 nitrogen and oxygen atoms in total. The third-order valence-electron chi connectivity index (χ3n) is 3.75. The molecule has 1 amide bonds. The first-order valence-corrected chi connectivity index (χ1v) is 6.89. The maximum atomic E-state index is 12.1. The van der Waals surface area contributed by atoms with Gasteiger partial charge in [-0.25, -0.2) is 0 Å². The van der Waals surface area contributed by atoms with Crippen LogP contribution in [0.25, 0.3) is 0 Å². The second kappa shape index (κ2) is 6.47. The minimum atomic E-state index is -0.458. The average Bonchev–Trinajstić information content (AvgIpc) is 2.47. The summed E-state index contributed by atoms with van der Waals surface area (Å²) in [7, 11) is 0. The number of nitrogens with zero attached hydrogens (tertiary/aromatic N) is 1. The molecule has 0 bridgehead atoms. The van der Waals surface area contributed by atoms with Gasteiger partial charge in [0.2, 0.25) is 5.91 Å². The highest BCUT2D eigenvalue weighted by Gasteiger charge is 2.25. The molecule has 20 heavy (non-hydrogen) atoms. The monoisotopic (exact) mass is 277 g/mol. The number of carbonyl (C=O) groups is 1. The Labute approximate surface area is 117 Å². The lowest BCUT2D eigenvalue weighted by Gasteiger charge is -2.28. The van der Waals surface area contributed by atoms with Crippen LogP contribution < -0.4 is 10.6 Å². The molecule has 1 aromatic rings. The molecule has 1 saturated heterocycles. The van der Waals surface area contributed by atoms with Gasteiger partial charge in [0.15, 0.2) is 0 Å². The van der Waals surface area contributed by atoms with Crippen molar-refractivity contribution in [3.63, 3.8) is 0 Å². The second-order valence-corrected chi connectivity index (χ2v) is 5.10. The maximum absolute atomic E-state index is 12.1. The van der Waals surface area contributed by atoms with E-state index in [-0.39, 0.29) is 17.6 Å². The summed E-state index contributed by atoms with van der Waals surface area (Å²) < 4.78 is 0. The van der Waals surface area contributed by atoms with Crippen LogP contribution in [0.15, 0.2) is 24.3 Å². The standard InChI is InChI=1S/C14H19N3O3/c1-2-10-7-8-15-13(9-10)14(18)16-11-3-5-12(6-4-11)17(19)20/h3-6,10,13,15H,2,7-9H2,1H3,(H,16,18). The Morgan fingerprint density at radius 3 is 2.75 bits per heavy atom. The molecule has 2 rings (SSSR count). The Bertz CT molecular complexity index is 487. The number of hydrogen-bond donors (Lipinski definition) is 2. The fourth-order valence-corrected chi connectivity index (χ4v) is 2.46. The average molecular weight is 277 g/mol. The molecule has 1 aromatic carbocycles. The van der Waals surface area contributed by atoms with Crippen molar-refractivity contribution in [3.05, 3.63) is 34.4 Å². The molecule has 1 fully saturated rings. The van der Waals surface area contributed by atoms with Crippen LogP contribution in [0.2, 0.25) is 0 Å². The zero-order chi connectivity index (χ0) is 14.5. The minimum absolute atomic E-state index is 0.0184. The predicted molar refractivity (Wildman–Crippen MR) is 76.5 cm³/mol. The Hall–Kier alpha value is -1.95. The summed E-state index contributed by atoms with van der Waals surface area (Å²) in [6.45, 7) is 3.00. The van der Waals surface area contributed by atoms with Gasteiger partial charge >= 0.3 is 0 Å². The Morgan fingerprint density at radius 1 is 1.45 bits per heavy atom. The van der Waals surface area contributed by atoms with Crippen molar-refractivity contribution in [1.82, 2.24) is 5.32 Å². The fraction of sp³-hybridized carbons (Fsp3) is 0.500. The van der Waals surface area contributed by atoms with E-state index < -0.39 is 4.92 Å². The molecular formula is C14H19N3O3. The molecule has 2 atom stereocenters. The van der Waals surface area contributed by atoms with Gasteiger partial charge in [0.25, 0.3) is 5.69 Å². The summed E-state index contributed by atoms with van der Waals surface area (Å²) in [5, 5.41) is 16.6. The molecule has 0 aliphatic carbocycles. The van der Waals surface area contributed by atoms with E-state index in [2.05, 4.69) is 17.6 Å². The number of hydrogen-bond acceptors (Lipinski definition) is 4. The number of piperidine rings is 1. The zero-order valence-corrected chi connectivity index (χ0v) is 11.5. The van der Waals surface area contributed by atoms with Crippen molar-refractivity contribution in [2.75, 3.05) is 11.9 Å². The van der Waals surface area contributed by atoms with E-state index in [0.717, 1.165) is 25.8 Å². The number of amides is 1. The fourth-order valence-electron chi connectivity index (χ4n) is 2.46. The quantitative estimate of drug-likeness (QED) is 0.653. The van der Waals surface area contributed by atoms with Gasteiger partial charge in [0.05, 0.1) is 11.0 Å². The first kappa shape index (κ1) is 14.5. The van der Waals surface area contributed by atoms with Crippen molar-refractivity contribution in [3.8, 4) is 0 Å². The lowest BCUT2D eigenvalue weighted by atomic mass is 9.90. The van der Waals surface area contributed by atoms with Crippen molar-refractivity contribution < 1.29 is 9.72 Å². The molecular weight excluding hydrogens is 258 g/mol. The Kier molecular flexibility index (Phi) is 4.68. The van der Waals surface area contributed by atoms with Crippen LogP contribution >= 0.6 is 0 Å². The normalized spacial score (nSPS) is 22.2. The molecule has 1 aliphatic rings. The van der Waals surface area contributed by atoms with Crippen LogP contribution in [-0.2, 0) is 4.79 Å². The predicted octanol–water partition coefficient (Wildman–Crippen LogP) is 2.31. The molecule has 2 unspecified atom stereocenters. The number of nitrogens with one attached hydrogen (secondary N) is 2. The Balaban J connectivity index is 1.95. The van der Waals surface area contributed by atoms with Crippen LogP contribution in [0.1, 0.15) is 26.2 Å². The largest absolute Gasteiger partial charge is 0.325 e. The van der Waals surface area contributed by atoms with Gasteiger partial charge in [-0.3, -0.25) is 14.9 Å². The molecule has 108 valence electrons. The summed E-state index contributed by atoms with van der Waals surface area (Å²) in [5.74, 6) is 0.515. The smallest absolute Gasteiger partial charge is 0.269 e. The van der Waals surface area contributed by atoms with Gasteiger partial charge in [-0.15, -0.1) is 0 Å². The summed E-state index contributed by atoms with van der Waals surface area (Å²) in [5.41, 5.74) is 0.603. The van der Waals surface area contributed by atoms with Gasteiger partial charge in [-0.2, -0.15) is 0 Å². The first-order chi connectivity index (χ1) is 9.60. The number of nitro groups is 1. The minimum Gasteiger partial charge on any atom is -0.325 e. The number of rotatable bonds is 4. The highest BCUT2D eigenvalue weighted by molar-refractivity contribution is 5.95. The van der Waals surface area contributed by atoms with Crippen molar-refractivity contribution in [2.45, 2.75) is 32.2 Å². The maximum Gasteiger partial charge on any atom is 0.269 e. The van der Waals surface area contributed by atoms with Gasteiger partial charge < -0.3 is 10.6 Å². The van der Waals surface area contributed by atoms with Crippen LogP contribution in [0.5, 0.6) is 0 Å². The van der Waals surface area contributed by atoms with Crippen LogP contribution in [0, 0.1) is 16.0 Å². The topological polar surface area (TPSA) is 84.3 Å². The van der Waals surface area contributed by atoms with Gasteiger partial charge in [0.1, 0.15) is 0 Å². The van der Waals surface area contributed by atoms with E-state index in [0.29, 0.717) is 11.6 Å². The lowest BCUT2D eigenvalue weighted by Crippen LogP contribution is -2.46. The van der Waals surface area contributed by atoms with E-state index in [4.69, 9.17) is 0 Å². The molecule has 1 aliphatic heterocycles. The van der Waals surface area contributed by atoms with E-state index in [1.165, 1.54) is 12.1 Å². The summed E-state index contributed by atoms with van der Waals surface area (Å²) in [6.07, 6.45) is 3.04. The van der Waals surface area contributed by atoms with E-state index in [1.807, 2.05) is 0 Å². The molecule has 1 heterocycles. The number of nitro benzene ring substituents is 1. The van der Waals surface area contributed by atoms with Crippen molar-refractivity contribution in [1.29, 1.82) is 0 Å². The van der Waals surface area contributed by atoms with Gasteiger partial charge in [-0.1, -0.05) is 13.3 Å². The van der Waals surface area contributed by atoms with E-state index >= 15 is 0 Å². The third kappa shape index (κ3) is 3.54. The van der Waals surface area contributed by atoms with Crippen molar-refractivity contribution in [2.24, 2.45) is 5.92 Å². The molecule has 0 spiro atoms. The zero-order valence-electron chi connectivity index (χ0n) is 11.5. The second-order valence-electron chi connectivity index (χ2n) is 5.10. The number of non-ortho nitro benzene ring substituents is 1. The molecule has 2 N–H and O–H groups in total. The SMILES string of the molecule is CCC1CCNC(C(=O)Nc2ccc([N+](=O)[O-])cc2)C1. The van der Waals surface area contributed by atoms with Gasteiger partial charge in [0, 0.05) is 17.8 Å². The number of anilines is 1. The van der Waals surface area contributed by atoms with Crippen LogP contribution in [0.3, 0.4) is 0 Å². The summed E-state index contributed by atoms with van der Waals surface area (Å²) in [4.78, 5) is 22.2. The highest BCUT2D eigenvalue weighted by Crippen LogP contribution is 2.21. The van der Waals surface area contributed by atoms with Crippen molar-refractivity contribution >= 4 is 17.3 Å². The highest BCUT2D eigenvalue weighted by atomic mass is 16.6. The Morgan fingerprint density at radius 2 is 2.15 bits per heavy atom. The van der Waals surface area contributed by atoms with Gasteiger partial charge in [-0.05, 0) is 37.4 Å². The summed E-state index contributed by atoms with van der Waals surface area (Å²) >= 11 is 0. The number of benzene rings is 1. The molecule has 0 radical (unpaired) electrons. The summed E-state index contributed by atoms with van der Waals surface area (Å²) in [6, 6.07) is 5.70. The first-order valence-electron chi connectivity index (χ1n) is 6.89. The van der Waals surface area contributed by atoms with E-state index in [1.54, 1.807) is 12.1 Å². The van der Waals surface area contributed by atoms with E-state index in [9.17, 15) is 14.9 Å². The number of carbonyl (C=O) groups excluding carboxylic acids is 1. The van der Waals surface area contributed by atoms with Crippen LogP contribution in [-0.4, -0.2) is 23.4 Å². The lowest BCUT2D eigenvalue weighted by molar-refractivity contribution is -0.384. The molecule has 0 saturated carbocycles.